The molecule has 0 aliphatic heterocycles. The largest absolute Gasteiger partial charge is 0.391 e. The Morgan fingerprint density at radius 3 is 2.83 bits per heavy atom. The zero-order valence-corrected chi connectivity index (χ0v) is 8.12. The third-order valence-electron chi connectivity index (χ3n) is 2.46. The monoisotopic (exact) mass is 172 g/mol. The summed E-state index contributed by atoms with van der Waals surface area (Å²) in [7, 11) is 0. The van der Waals surface area contributed by atoms with E-state index in [0.717, 1.165) is 5.92 Å². The molecule has 1 fully saturated rings. The van der Waals surface area contributed by atoms with Crippen molar-refractivity contribution in [1.29, 1.82) is 0 Å². The summed E-state index contributed by atoms with van der Waals surface area (Å²) in [4.78, 5) is 0. The van der Waals surface area contributed by atoms with E-state index in [0.29, 0.717) is 12.7 Å². The molecule has 1 aliphatic carbocycles. The van der Waals surface area contributed by atoms with Crippen molar-refractivity contribution in [1.82, 2.24) is 0 Å². The van der Waals surface area contributed by atoms with Gasteiger partial charge in [0, 0.05) is 0 Å². The number of rotatable bonds is 3. The Labute approximate surface area is 74.9 Å². The molecule has 72 valence electrons. The summed E-state index contributed by atoms with van der Waals surface area (Å²) >= 11 is 0. The Morgan fingerprint density at radius 2 is 2.25 bits per heavy atom. The van der Waals surface area contributed by atoms with Crippen molar-refractivity contribution in [3.63, 3.8) is 0 Å². The van der Waals surface area contributed by atoms with Gasteiger partial charge in [0.25, 0.3) is 0 Å². The SMILES string of the molecule is CC1CCCC(OC[C@@H](C)O)C1. The van der Waals surface area contributed by atoms with Gasteiger partial charge in [-0.2, -0.15) is 0 Å². The van der Waals surface area contributed by atoms with Crippen LogP contribution < -0.4 is 0 Å². The Balaban J connectivity index is 2.14. The van der Waals surface area contributed by atoms with Gasteiger partial charge in [0.1, 0.15) is 0 Å². The second-order valence-corrected chi connectivity index (χ2v) is 4.08. The lowest BCUT2D eigenvalue weighted by molar-refractivity contribution is -0.0260. The molecule has 0 radical (unpaired) electrons. The number of hydrogen-bond donors (Lipinski definition) is 1. The lowest BCUT2D eigenvalue weighted by Gasteiger charge is -2.27. The highest BCUT2D eigenvalue weighted by atomic mass is 16.5. The van der Waals surface area contributed by atoms with Gasteiger partial charge in [-0.25, -0.2) is 0 Å². The van der Waals surface area contributed by atoms with E-state index in [-0.39, 0.29) is 6.10 Å². The van der Waals surface area contributed by atoms with E-state index in [9.17, 15) is 0 Å². The van der Waals surface area contributed by atoms with Gasteiger partial charge in [-0.05, 0) is 25.7 Å². The molecular formula is C10H20O2. The first-order chi connectivity index (χ1) is 5.68. The molecule has 0 aromatic heterocycles. The number of aliphatic hydroxyl groups is 1. The maximum Gasteiger partial charge on any atom is 0.0745 e. The van der Waals surface area contributed by atoms with E-state index in [1.54, 1.807) is 6.92 Å². The smallest absolute Gasteiger partial charge is 0.0745 e. The molecule has 0 saturated heterocycles. The summed E-state index contributed by atoms with van der Waals surface area (Å²) in [6, 6.07) is 0. The molecule has 2 heteroatoms. The van der Waals surface area contributed by atoms with Gasteiger partial charge in [-0.1, -0.05) is 19.8 Å². The van der Waals surface area contributed by atoms with Crippen LogP contribution in [0.1, 0.15) is 39.5 Å². The molecule has 3 atom stereocenters. The highest BCUT2D eigenvalue weighted by molar-refractivity contribution is 4.70. The van der Waals surface area contributed by atoms with Crippen molar-refractivity contribution in [3.8, 4) is 0 Å². The van der Waals surface area contributed by atoms with Crippen molar-refractivity contribution >= 4 is 0 Å². The minimum atomic E-state index is -0.317. The summed E-state index contributed by atoms with van der Waals surface area (Å²) in [5, 5.41) is 9.02. The molecular weight excluding hydrogens is 152 g/mol. The topological polar surface area (TPSA) is 29.5 Å². The van der Waals surface area contributed by atoms with Crippen LogP contribution in [0.25, 0.3) is 0 Å². The van der Waals surface area contributed by atoms with E-state index in [4.69, 9.17) is 9.84 Å². The Morgan fingerprint density at radius 1 is 1.50 bits per heavy atom. The fourth-order valence-corrected chi connectivity index (χ4v) is 1.81. The van der Waals surface area contributed by atoms with Gasteiger partial charge < -0.3 is 9.84 Å². The molecule has 2 unspecified atom stereocenters. The standard InChI is InChI=1S/C10H20O2/c1-8-4-3-5-10(6-8)12-7-9(2)11/h8-11H,3-7H2,1-2H3/t8?,9-,10?/m1/s1. The van der Waals surface area contributed by atoms with Gasteiger partial charge in [-0.3, -0.25) is 0 Å². The zero-order valence-electron chi connectivity index (χ0n) is 8.12. The highest BCUT2D eigenvalue weighted by Gasteiger charge is 2.19. The maximum atomic E-state index is 9.02. The van der Waals surface area contributed by atoms with E-state index in [1.807, 2.05) is 0 Å². The van der Waals surface area contributed by atoms with Crippen LogP contribution in [0.4, 0.5) is 0 Å². The second-order valence-electron chi connectivity index (χ2n) is 4.08. The summed E-state index contributed by atoms with van der Waals surface area (Å²) in [6.07, 6.45) is 5.06. The Kier molecular flexibility index (Phi) is 4.02. The number of aliphatic hydroxyl groups excluding tert-OH is 1. The molecule has 1 saturated carbocycles. The first-order valence-corrected chi connectivity index (χ1v) is 4.98. The Hall–Kier alpha value is -0.0800. The first kappa shape index (κ1) is 10.0. The van der Waals surface area contributed by atoms with Crippen molar-refractivity contribution in [3.05, 3.63) is 0 Å². The quantitative estimate of drug-likeness (QED) is 0.705. The van der Waals surface area contributed by atoms with Crippen LogP contribution in [0.3, 0.4) is 0 Å². The van der Waals surface area contributed by atoms with Crippen molar-refractivity contribution < 1.29 is 9.84 Å². The van der Waals surface area contributed by atoms with Crippen LogP contribution in [0.5, 0.6) is 0 Å². The van der Waals surface area contributed by atoms with Crippen LogP contribution in [0.2, 0.25) is 0 Å². The Bertz CT molecular complexity index is 123. The minimum Gasteiger partial charge on any atom is -0.391 e. The summed E-state index contributed by atoms with van der Waals surface area (Å²) < 4.78 is 5.56. The molecule has 1 N–H and O–H groups in total. The molecule has 0 spiro atoms. The van der Waals surface area contributed by atoms with E-state index in [1.165, 1.54) is 25.7 Å². The van der Waals surface area contributed by atoms with E-state index < -0.39 is 0 Å². The predicted octanol–water partition coefficient (Wildman–Crippen LogP) is 1.96. The van der Waals surface area contributed by atoms with Crippen molar-refractivity contribution in [2.75, 3.05) is 6.61 Å². The fraction of sp³-hybridized carbons (Fsp3) is 1.00. The van der Waals surface area contributed by atoms with Gasteiger partial charge in [0.2, 0.25) is 0 Å². The normalized spacial score (nSPS) is 33.2. The highest BCUT2D eigenvalue weighted by Crippen LogP contribution is 2.25. The van der Waals surface area contributed by atoms with Gasteiger partial charge in [0.05, 0.1) is 18.8 Å². The van der Waals surface area contributed by atoms with Gasteiger partial charge >= 0.3 is 0 Å². The second kappa shape index (κ2) is 4.83. The van der Waals surface area contributed by atoms with Crippen molar-refractivity contribution in [2.24, 2.45) is 5.92 Å². The van der Waals surface area contributed by atoms with Gasteiger partial charge in [-0.15, -0.1) is 0 Å². The third-order valence-corrected chi connectivity index (χ3v) is 2.46. The van der Waals surface area contributed by atoms with Crippen LogP contribution in [-0.2, 0) is 4.74 Å². The van der Waals surface area contributed by atoms with Gasteiger partial charge in [0.15, 0.2) is 0 Å². The molecule has 0 aromatic rings. The molecule has 0 heterocycles. The fourth-order valence-electron chi connectivity index (χ4n) is 1.81. The molecule has 0 amide bonds. The van der Waals surface area contributed by atoms with Crippen LogP contribution in [0, 0.1) is 5.92 Å². The van der Waals surface area contributed by atoms with Crippen molar-refractivity contribution in [2.45, 2.75) is 51.7 Å². The number of hydrogen-bond acceptors (Lipinski definition) is 2. The average molecular weight is 172 g/mol. The summed E-state index contributed by atoms with van der Waals surface area (Å²) in [6.45, 7) is 4.54. The third kappa shape index (κ3) is 3.55. The summed E-state index contributed by atoms with van der Waals surface area (Å²) in [5.41, 5.74) is 0. The zero-order chi connectivity index (χ0) is 8.97. The molecule has 0 aromatic carbocycles. The van der Waals surface area contributed by atoms with Crippen LogP contribution in [-0.4, -0.2) is 23.9 Å². The van der Waals surface area contributed by atoms with Crippen LogP contribution in [0.15, 0.2) is 0 Å². The minimum absolute atomic E-state index is 0.317. The molecule has 0 bridgehead atoms. The summed E-state index contributed by atoms with van der Waals surface area (Å²) in [5.74, 6) is 0.803. The molecule has 1 aliphatic rings. The average Bonchev–Trinajstić information content (AvgIpc) is 2.01. The maximum absolute atomic E-state index is 9.02. The first-order valence-electron chi connectivity index (χ1n) is 4.98. The lowest BCUT2D eigenvalue weighted by Crippen LogP contribution is -2.24. The number of ether oxygens (including phenoxy) is 1. The molecule has 1 rings (SSSR count). The molecule has 2 nitrogen and oxygen atoms in total. The van der Waals surface area contributed by atoms with E-state index >= 15 is 0 Å². The van der Waals surface area contributed by atoms with E-state index in [2.05, 4.69) is 6.92 Å². The molecule has 12 heavy (non-hydrogen) atoms. The predicted molar refractivity (Wildman–Crippen MR) is 49.1 cm³/mol. The van der Waals surface area contributed by atoms with Crippen LogP contribution >= 0.6 is 0 Å². The lowest BCUT2D eigenvalue weighted by atomic mass is 9.89.